The number of H-pyrrole nitrogens is 1. The first-order valence-electron chi connectivity index (χ1n) is 6.16. The van der Waals surface area contributed by atoms with Gasteiger partial charge in [0.1, 0.15) is 5.82 Å². The average Bonchev–Trinajstić information content (AvgIpc) is 2.97. The van der Waals surface area contributed by atoms with Crippen molar-refractivity contribution >= 4 is 5.97 Å². The summed E-state index contributed by atoms with van der Waals surface area (Å²) in [7, 11) is 0. The normalized spacial score (nSPS) is 10.5. The lowest BCUT2D eigenvalue weighted by Crippen LogP contribution is -1.96. The molecule has 0 atom stereocenters. The number of halogens is 1. The predicted molar refractivity (Wildman–Crippen MR) is 74.2 cm³/mol. The molecule has 0 saturated carbocycles. The van der Waals surface area contributed by atoms with E-state index in [9.17, 15) is 9.18 Å². The van der Waals surface area contributed by atoms with E-state index in [4.69, 9.17) is 5.11 Å². The second kappa shape index (κ2) is 5.16. The van der Waals surface area contributed by atoms with E-state index >= 15 is 0 Å². The third kappa shape index (κ3) is 2.51. The van der Waals surface area contributed by atoms with Gasteiger partial charge in [-0.25, -0.2) is 14.2 Å². The molecular weight excluding hydrogens is 273 g/mol. The fourth-order valence-corrected chi connectivity index (χ4v) is 1.95. The van der Waals surface area contributed by atoms with E-state index in [1.807, 2.05) is 0 Å². The Hall–Kier alpha value is -3.02. The van der Waals surface area contributed by atoms with Crippen LogP contribution >= 0.6 is 0 Å². The van der Waals surface area contributed by atoms with Gasteiger partial charge < -0.3 is 5.11 Å². The number of aromatic carboxylic acids is 1. The number of rotatable bonds is 3. The number of aromatic nitrogens is 3. The van der Waals surface area contributed by atoms with Crippen LogP contribution in [0.4, 0.5) is 4.39 Å². The van der Waals surface area contributed by atoms with Gasteiger partial charge in [-0.1, -0.05) is 24.3 Å². The highest BCUT2D eigenvalue weighted by atomic mass is 19.1. The largest absolute Gasteiger partial charge is 0.478 e. The van der Waals surface area contributed by atoms with E-state index in [2.05, 4.69) is 15.2 Å². The van der Waals surface area contributed by atoms with Gasteiger partial charge in [-0.05, 0) is 24.3 Å². The van der Waals surface area contributed by atoms with Crippen molar-refractivity contribution in [2.45, 2.75) is 0 Å². The fourth-order valence-electron chi connectivity index (χ4n) is 1.95. The van der Waals surface area contributed by atoms with E-state index in [-0.39, 0.29) is 17.0 Å². The van der Waals surface area contributed by atoms with Crippen molar-refractivity contribution in [3.63, 3.8) is 0 Å². The van der Waals surface area contributed by atoms with E-state index in [0.29, 0.717) is 11.4 Å². The molecule has 1 heterocycles. The number of nitrogens with zero attached hydrogens (tertiary/aromatic N) is 2. The number of carboxylic acids is 1. The van der Waals surface area contributed by atoms with Gasteiger partial charge in [-0.3, -0.25) is 5.10 Å². The van der Waals surface area contributed by atoms with Crippen molar-refractivity contribution in [2.24, 2.45) is 0 Å². The zero-order valence-corrected chi connectivity index (χ0v) is 10.7. The molecule has 6 heteroatoms. The van der Waals surface area contributed by atoms with Crippen LogP contribution in [-0.4, -0.2) is 26.3 Å². The Morgan fingerprint density at radius 2 is 1.95 bits per heavy atom. The lowest BCUT2D eigenvalue weighted by Gasteiger charge is -1.98. The number of hydrogen-bond acceptors (Lipinski definition) is 3. The molecule has 21 heavy (non-hydrogen) atoms. The van der Waals surface area contributed by atoms with Gasteiger partial charge in [0.2, 0.25) is 0 Å². The zero-order valence-electron chi connectivity index (χ0n) is 10.7. The fraction of sp³-hybridized carbons (Fsp3) is 0. The Morgan fingerprint density at radius 3 is 2.71 bits per heavy atom. The molecule has 1 aromatic heterocycles. The standard InChI is InChI=1S/C15H10FN3O2/c16-12-7-2-1-6-11(12)14-17-13(18-19-14)9-4-3-5-10(8-9)15(20)21/h1-8H,(H,20,21)(H,17,18,19). The maximum Gasteiger partial charge on any atom is 0.335 e. The van der Waals surface area contributed by atoms with Gasteiger partial charge in [-0.15, -0.1) is 0 Å². The summed E-state index contributed by atoms with van der Waals surface area (Å²) in [5.41, 5.74) is 1.01. The summed E-state index contributed by atoms with van der Waals surface area (Å²) in [5, 5.41) is 15.6. The molecule has 0 radical (unpaired) electrons. The van der Waals surface area contributed by atoms with Crippen molar-refractivity contribution in [3.05, 3.63) is 59.9 Å². The van der Waals surface area contributed by atoms with Crippen LogP contribution in [0.5, 0.6) is 0 Å². The summed E-state index contributed by atoms with van der Waals surface area (Å²) in [6, 6.07) is 12.5. The highest BCUT2D eigenvalue weighted by molar-refractivity contribution is 5.89. The van der Waals surface area contributed by atoms with Gasteiger partial charge in [0.25, 0.3) is 0 Å². The Kier molecular flexibility index (Phi) is 3.19. The summed E-state index contributed by atoms with van der Waals surface area (Å²) in [6.45, 7) is 0. The van der Waals surface area contributed by atoms with Gasteiger partial charge in [0, 0.05) is 5.56 Å². The van der Waals surface area contributed by atoms with Gasteiger partial charge >= 0.3 is 5.97 Å². The van der Waals surface area contributed by atoms with Crippen molar-refractivity contribution in [3.8, 4) is 22.8 Å². The van der Waals surface area contributed by atoms with Crippen LogP contribution in [0.3, 0.4) is 0 Å². The maximum absolute atomic E-state index is 13.7. The first kappa shape index (κ1) is 13.0. The number of carboxylic acid groups (broad SMARTS) is 1. The first-order chi connectivity index (χ1) is 10.1. The van der Waals surface area contributed by atoms with Crippen molar-refractivity contribution < 1.29 is 14.3 Å². The summed E-state index contributed by atoms with van der Waals surface area (Å²) >= 11 is 0. The van der Waals surface area contributed by atoms with E-state index in [1.165, 1.54) is 18.2 Å². The van der Waals surface area contributed by atoms with Gasteiger partial charge in [0.05, 0.1) is 11.1 Å². The number of benzene rings is 2. The van der Waals surface area contributed by atoms with E-state index in [1.54, 1.807) is 30.3 Å². The topological polar surface area (TPSA) is 78.9 Å². The molecule has 2 aromatic carbocycles. The Morgan fingerprint density at radius 1 is 1.14 bits per heavy atom. The van der Waals surface area contributed by atoms with Crippen LogP contribution < -0.4 is 0 Å². The smallest absolute Gasteiger partial charge is 0.335 e. The quantitative estimate of drug-likeness (QED) is 0.774. The minimum Gasteiger partial charge on any atom is -0.478 e. The number of nitrogens with one attached hydrogen (secondary N) is 1. The Labute approximate surface area is 119 Å². The Bertz CT molecular complexity index is 814. The second-order valence-corrected chi connectivity index (χ2v) is 4.37. The summed E-state index contributed by atoms with van der Waals surface area (Å²) in [6.07, 6.45) is 0. The molecule has 3 aromatic rings. The molecule has 0 amide bonds. The molecule has 5 nitrogen and oxygen atoms in total. The molecule has 2 N–H and O–H groups in total. The summed E-state index contributed by atoms with van der Waals surface area (Å²) < 4.78 is 13.7. The van der Waals surface area contributed by atoms with Crippen LogP contribution in [0, 0.1) is 5.82 Å². The number of hydrogen-bond donors (Lipinski definition) is 2. The number of aromatic amines is 1. The lowest BCUT2D eigenvalue weighted by atomic mass is 10.1. The molecule has 0 aliphatic rings. The van der Waals surface area contributed by atoms with Gasteiger partial charge in [0.15, 0.2) is 11.6 Å². The Balaban J connectivity index is 2.01. The second-order valence-electron chi connectivity index (χ2n) is 4.37. The summed E-state index contributed by atoms with van der Waals surface area (Å²) in [5.74, 6) is -0.826. The number of carbonyl (C=O) groups is 1. The molecule has 0 unspecified atom stereocenters. The van der Waals surface area contributed by atoms with Crippen molar-refractivity contribution in [1.29, 1.82) is 0 Å². The van der Waals surface area contributed by atoms with E-state index < -0.39 is 11.8 Å². The SMILES string of the molecule is O=C(O)c1cccc(-c2nc(-c3ccccc3F)n[nH]2)c1. The molecule has 0 fully saturated rings. The van der Waals surface area contributed by atoms with Crippen LogP contribution in [-0.2, 0) is 0 Å². The van der Waals surface area contributed by atoms with Crippen LogP contribution in [0.25, 0.3) is 22.8 Å². The molecule has 0 saturated heterocycles. The third-order valence-corrected chi connectivity index (χ3v) is 2.98. The minimum atomic E-state index is -1.02. The predicted octanol–water partition coefficient (Wildman–Crippen LogP) is 2.98. The monoisotopic (exact) mass is 283 g/mol. The van der Waals surface area contributed by atoms with Crippen molar-refractivity contribution in [1.82, 2.24) is 15.2 Å². The zero-order chi connectivity index (χ0) is 14.8. The molecule has 104 valence electrons. The van der Waals surface area contributed by atoms with Crippen molar-refractivity contribution in [2.75, 3.05) is 0 Å². The minimum absolute atomic E-state index is 0.149. The van der Waals surface area contributed by atoms with Crippen LogP contribution in [0.2, 0.25) is 0 Å². The molecule has 0 spiro atoms. The lowest BCUT2D eigenvalue weighted by molar-refractivity contribution is 0.0697. The molecule has 3 rings (SSSR count). The van der Waals surface area contributed by atoms with Gasteiger partial charge in [-0.2, -0.15) is 5.10 Å². The van der Waals surface area contributed by atoms with Crippen LogP contribution in [0.15, 0.2) is 48.5 Å². The molecule has 0 aliphatic carbocycles. The average molecular weight is 283 g/mol. The molecule has 0 aliphatic heterocycles. The van der Waals surface area contributed by atoms with Crippen LogP contribution in [0.1, 0.15) is 10.4 Å². The summed E-state index contributed by atoms with van der Waals surface area (Å²) in [4.78, 5) is 15.2. The first-order valence-corrected chi connectivity index (χ1v) is 6.16. The highest BCUT2D eigenvalue weighted by Gasteiger charge is 2.12. The molecular formula is C15H10FN3O2. The van der Waals surface area contributed by atoms with E-state index in [0.717, 1.165) is 0 Å². The maximum atomic E-state index is 13.7. The highest BCUT2D eigenvalue weighted by Crippen LogP contribution is 2.22. The molecule has 0 bridgehead atoms. The third-order valence-electron chi connectivity index (χ3n) is 2.98.